The molecule has 3 N–H and O–H groups in total. The Kier molecular flexibility index (Phi) is 2.96. The summed E-state index contributed by atoms with van der Waals surface area (Å²) < 4.78 is 0. The molecule has 1 aromatic carbocycles. The molecular weight excluding hydrogens is 254 g/mol. The van der Waals surface area contributed by atoms with Crippen molar-refractivity contribution in [1.29, 1.82) is 0 Å². The third-order valence-electron chi connectivity index (χ3n) is 2.87. The van der Waals surface area contributed by atoms with Crippen molar-refractivity contribution in [1.82, 2.24) is 15.0 Å². The number of nitrogens with two attached hydrogens (primary N) is 1. The molecule has 6 heteroatoms. The van der Waals surface area contributed by atoms with E-state index >= 15 is 0 Å². The van der Waals surface area contributed by atoms with E-state index in [-0.39, 0.29) is 5.91 Å². The second-order valence-electron chi connectivity index (χ2n) is 4.18. The summed E-state index contributed by atoms with van der Waals surface area (Å²) in [6, 6.07) is 7.12. The highest BCUT2D eigenvalue weighted by atomic mass is 16.1. The molecule has 3 aromatic rings. The highest BCUT2D eigenvalue weighted by Crippen LogP contribution is 2.26. The van der Waals surface area contributed by atoms with Gasteiger partial charge in [-0.3, -0.25) is 9.78 Å². The predicted molar refractivity (Wildman–Crippen MR) is 76.1 cm³/mol. The van der Waals surface area contributed by atoms with Gasteiger partial charge in [-0.05, 0) is 24.3 Å². The van der Waals surface area contributed by atoms with E-state index in [4.69, 9.17) is 5.73 Å². The molecule has 0 saturated heterocycles. The van der Waals surface area contributed by atoms with Crippen LogP contribution in [0.25, 0.3) is 10.9 Å². The lowest BCUT2D eigenvalue weighted by atomic mass is 10.1. The van der Waals surface area contributed by atoms with Crippen LogP contribution in [-0.2, 0) is 0 Å². The minimum absolute atomic E-state index is 0.277. The Morgan fingerprint density at radius 1 is 1.15 bits per heavy atom. The maximum atomic E-state index is 12.1. The van der Waals surface area contributed by atoms with Gasteiger partial charge in [0, 0.05) is 24.0 Å². The Labute approximate surface area is 114 Å². The zero-order chi connectivity index (χ0) is 13.9. The van der Waals surface area contributed by atoms with Gasteiger partial charge in [0.1, 0.15) is 6.33 Å². The number of carbonyl (C=O) groups is 1. The molecule has 0 fully saturated rings. The number of hydrogen-bond donors (Lipinski definition) is 2. The third-order valence-corrected chi connectivity index (χ3v) is 2.87. The monoisotopic (exact) mass is 265 g/mol. The van der Waals surface area contributed by atoms with Crippen molar-refractivity contribution >= 4 is 28.2 Å². The van der Waals surface area contributed by atoms with Crippen molar-refractivity contribution in [2.45, 2.75) is 0 Å². The van der Waals surface area contributed by atoms with Crippen molar-refractivity contribution < 1.29 is 4.79 Å². The fourth-order valence-corrected chi connectivity index (χ4v) is 1.91. The summed E-state index contributed by atoms with van der Waals surface area (Å²) in [5, 5.41) is 3.60. The van der Waals surface area contributed by atoms with Gasteiger partial charge in [0.25, 0.3) is 5.91 Å². The van der Waals surface area contributed by atoms with Gasteiger partial charge < -0.3 is 11.1 Å². The Balaban J connectivity index is 2.00. The zero-order valence-electron chi connectivity index (χ0n) is 10.4. The van der Waals surface area contributed by atoms with Gasteiger partial charge in [-0.25, -0.2) is 9.97 Å². The predicted octanol–water partition coefficient (Wildman–Crippen LogP) is 1.86. The Morgan fingerprint density at radius 3 is 2.75 bits per heavy atom. The van der Waals surface area contributed by atoms with E-state index < -0.39 is 0 Å². The lowest BCUT2D eigenvalue weighted by Crippen LogP contribution is -2.13. The molecule has 0 aliphatic heterocycles. The number of carbonyl (C=O) groups excluding carboxylic acids is 1. The third kappa shape index (κ3) is 2.14. The van der Waals surface area contributed by atoms with Crippen molar-refractivity contribution in [3.63, 3.8) is 0 Å². The summed E-state index contributed by atoms with van der Waals surface area (Å²) >= 11 is 0. The molecule has 0 unspecified atom stereocenters. The van der Waals surface area contributed by atoms with Crippen LogP contribution in [0.5, 0.6) is 0 Å². The number of nitrogen functional groups attached to an aromatic ring is 1. The van der Waals surface area contributed by atoms with E-state index in [1.165, 1.54) is 18.7 Å². The first-order valence-electron chi connectivity index (χ1n) is 5.95. The number of aromatic nitrogens is 3. The van der Waals surface area contributed by atoms with Crippen molar-refractivity contribution in [2.24, 2.45) is 0 Å². The second kappa shape index (κ2) is 4.93. The lowest BCUT2D eigenvalue weighted by molar-refractivity contribution is 0.102. The average Bonchev–Trinajstić information content (AvgIpc) is 2.51. The smallest absolute Gasteiger partial charge is 0.258 e. The Hall–Kier alpha value is -3.02. The van der Waals surface area contributed by atoms with Gasteiger partial charge in [0.05, 0.1) is 22.5 Å². The summed E-state index contributed by atoms with van der Waals surface area (Å²) in [6.07, 6.45) is 5.95. The van der Waals surface area contributed by atoms with Gasteiger partial charge in [-0.1, -0.05) is 0 Å². The van der Waals surface area contributed by atoms with Gasteiger partial charge in [0.15, 0.2) is 0 Å². The number of fused-ring (bicyclic) bond motifs is 1. The molecule has 0 radical (unpaired) electrons. The number of rotatable bonds is 2. The van der Waals surface area contributed by atoms with Crippen LogP contribution < -0.4 is 11.1 Å². The molecule has 0 atom stereocenters. The van der Waals surface area contributed by atoms with Gasteiger partial charge >= 0.3 is 0 Å². The van der Waals surface area contributed by atoms with Gasteiger partial charge in [0.2, 0.25) is 0 Å². The minimum Gasteiger partial charge on any atom is -0.397 e. The van der Waals surface area contributed by atoms with Crippen molar-refractivity contribution in [3.8, 4) is 0 Å². The van der Waals surface area contributed by atoms with E-state index in [0.717, 1.165) is 5.39 Å². The lowest BCUT2D eigenvalue weighted by Gasteiger charge is -2.09. The van der Waals surface area contributed by atoms with Gasteiger partial charge in [-0.15, -0.1) is 0 Å². The van der Waals surface area contributed by atoms with Crippen LogP contribution in [0.15, 0.2) is 49.2 Å². The molecule has 98 valence electrons. The SMILES string of the molecule is Nc1ccc(NC(=O)c2cncnc2)c2cccnc12. The number of nitrogens with zero attached hydrogens (tertiary/aromatic N) is 3. The fourth-order valence-electron chi connectivity index (χ4n) is 1.91. The largest absolute Gasteiger partial charge is 0.397 e. The Morgan fingerprint density at radius 2 is 1.95 bits per heavy atom. The molecule has 0 aliphatic carbocycles. The molecule has 0 bridgehead atoms. The molecule has 2 aromatic heterocycles. The van der Waals surface area contributed by atoms with E-state index in [9.17, 15) is 4.79 Å². The van der Waals surface area contributed by atoms with Crippen molar-refractivity contribution in [2.75, 3.05) is 11.1 Å². The van der Waals surface area contributed by atoms with Crippen LogP contribution in [0.2, 0.25) is 0 Å². The van der Waals surface area contributed by atoms with Crippen LogP contribution in [-0.4, -0.2) is 20.9 Å². The van der Waals surface area contributed by atoms with E-state index in [1.54, 1.807) is 24.4 Å². The normalized spacial score (nSPS) is 10.4. The van der Waals surface area contributed by atoms with Crippen molar-refractivity contribution in [3.05, 3.63) is 54.7 Å². The van der Waals surface area contributed by atoms with Gasteiger partial charge in [-0.2, -0.15) is 0 Å². The highest BCUT2D eigenvalue weighted by Gasteiger charge is 2.10. The molecule has 1 amide bonds. The Bertz CT molecular complexity index is 773. The maximum Gasteiger partial charge on any atom is 0.258 e. The minimum atomic E-state index is -0.277. The van der Waals surface area contributed by atoms with E-state index in [0.29, 0.717) is 22.5 Å². The summed E-state index contributed by atoms with van der Waals surface area (Å²) in [4.78, 5) is 24.0. The molecule has 3 rings (SSSR count). The molecule has 20 heavy (non-hydrogen) atoms. The number of hydrogen-bond acceptors (Lipinski definition) is 5. The second-order valence-corrected chi connectivity index (χ2v) is 4.18. The summed E-state index contributed by atoms with van der Waals surface area (Å²) in [5.74, 6) is -0.277. The number of nitrogens with one attached hydrogen (secondary N) is 1. The number of benzene rings is 1. The maximum absolute atomic E-state index is 12.1. The van der Waals surface area contributed by atoms with Crippen LogP contribution in [0.1, 0.15) is 10.4 Å². The number of amides is 1. The van der Waals surface area contributed by atoms with Crippen LogP contribution in [0.3, 0.4) is 0 Å². The molecule has 6 nitrogen and oxygen atoms in total. The van der Waals surface area contributed by atoms with E-state index in [2.05, 4.69) is 20.3 Å². The first-order valence-corrected chi connectivity index (χ1v) is 5.95. The fraction of sp³-hybridized carbons (Fsp3) is 0. The van der Waals surface area contributed by atoms with Crippen LogP contribution in [0, 0.1) is 0 Å². The zero-order valence-corrected chi connectivity index (χ0v) is 10.4. The molecular formula is C14H11N5O. The first kappa shape index (κ1) is 12.0. The number of anilines is 2. The number of pyridine rings is 1. The summed E-state index contributed by atoms with van der Waals surface area (Å²) in [6.45, 7) is 0. The first-order chi connectivity index (χ1) is 9.75. The summed E-state index contributed by atoms with van der Waals surface area (Å²) in [7, 11) is 0. The van der Waals surface area contributed by atoms with Crippen LogP contribution in [0.4, 0.5) is 11.4 Å². The average molecular weight is 265 g/mol. The topological polar surface area (TPSA) is 93.8 Å². The highest BCUT2D eigenvalue weighted by molar-refractivity contribution is 6.09. The van der Waals surface area contributed by atoms with E-state index in [1.807, 2.05) is 6.07 Å². The molecule has 0 saturated carbocycles. The summed E-state index contributed by atoms with van der Waals surface area (Å²) in [5.41, 5.74) is 8.14. The van der Waals surface area contributed by atoms with Crippen LogP contribution >= 0.6 is 0 Å². The molecule has 0 spiro atoms. The molecule has 0 aliphatic rings. The quantitative estimate of drug-likeness (QED) is 0.690. The molecule has 2 heterocycles. The standard InChI is InChI=1S/C14H11N5O/c15-11-3-4-12(10-2-1-5-18-13(10)11)19-14(20)9-6-16-8-17-7-9/h1-8H,15H2,(H,19,20).